The van der Waals surface area contributed by atoms with Crippen LogP contribution in [-0.4, -0.2) is 14.9 Å². The Hall–Kier alpha value is -0.740. The van der Waals surface area contributed by atoms with E-state index >= 15 is 0 Å². The summed E-state index contributed by atoms with van der Waals surface area (Å²) in [5.74, 6) is 0.754. The summed E-state index contributed by atoms with van der Waals surface area (Å²) in [6.07, 6.45) is 6.02. The number of fused-ring (bicyclic) bond motifs is 1. The molecular weight excluding hydrogens is 262 g/mol. The predicted molar refractivity (Wildman–Crippen MR) is 79.7 cm³/mol. The van der Waals surface area contributed by atoms with Crippen molar-refractivity contribution in [1.29, 1.82) is 0 Å². The molecule has 0 amide bonds. The Kier molecular flexibility index (Phi) is 5.32. The lowest BCUT2D eigenvalue weighted by Gasteiger charge is -1.98. The van der Waals surface area contributed by atoms with Crippen molar-refractivity contribution in [2.45, 2.75) is 43.4 Å². The summed E-state index contributed by atoms with van der Waals surface area (Å²) in [5.41, 5.74) is 0.969. The normalized spacial score (nSPS) is 12.9. The molecule has 1 atom stereocenters. The van der Waals surface area contributed by atoms with E-state index in [0.29, 0.717) is 0 Å². The van der Waals surface area contributed by atoms with Crippen LogP contribution >= 0.6 is 11.3 Å². The zero-order valence-electron chi connectivity index (χ0n) is 10.7. The number of hydrogen-bond donors (Lipinski definition) is 0. The molecule has 0 spiro atoms. The van der Waals surface area contributed by atoms with Crippen LogP contribution in [0, 0.1) is 0 Å². The third-order valence-electron chi connectivity index (χ3n) is 2.90. The molecule has 0 aliphatic rings. The lowest BCUT2D eigenvalue weighted by molar-refractivity contribution is 0.647. The maximum Gasteiger partial charge on any atom is 0.181 e. The molecule has 0 fully saturated rings. The zero-order chi connectivity index (χ0) is 12.8. The van der Waals surface area contributed by atoms with Crippen molar-refractivity contribution >= 4 is 32.4 Å². The first-order valence-corrected chi connectivity index (χ1v) is 8.68. The highest BCUT2D eigenvalue weighted by atomic mass is 32.2. The van der Waals surface area contributed by atoms with Crippen LogP contribution in [0.4, 0.5) is 0 Å². The van der Waals surface area contributed by atoms with E-state index < -0.39 is 10.8 Å². The van der Waals surface area contributed by atoms with Crippen molar-refractivity contribution in [2.24, 2.45) is 0 Å². The van der Waals surface area contributed by atoms with Gasteiger partial charge in [-0.05, 0) is 18.6 Å². The van der Waals surface area contributed by atoms with Crippen molar-refractivity contribution in [3.8, 4) is 0 Å². The molecular formula is C14H19NOS2. The Bertz CT molecular complexity index is 488. The van der Waals surface area contributed by atoms with Gasteiger partial charge in [-0.2, -0.15) is 0 Å². The number of aromatic nitrogens is 1. The number of benzene rings is 1. The van der Waals surface area contributed by atoms with Gasteiger partial charge < -0.3 is 0 Å². The maximum atomic E-state index is 12.1. The smallest absolute Gasteiger partial charge is 0.181 e. The molecule has 0 saturated heterocycles. The Morgan fingerprint density at radius 3 is 2.72 bits per heavy atom. The van der Waals surface area contributed by atoms with Gasteiger partial charge in [0, 0.05) is 5.75 Å². The molecule has 0 radical (unpaired) electrons. The van der Waals surface area contributed by atoms with Gasteiger partial charge in [0.1, 0.15) is 0 Å². The van der Waals surface area contributed by atoms with E-state index in [1.54, 1.807) is 11.3 Å². The van der Waals surface area contributed by atoms with Crippen LogP contribution in [0.15, 0.2) is 28.6 Å². The quantitative estimate of drug-likeness (QED) is 0.705. The Morgan fingerprint density at radius 2 is 1.94 bits per heavy atom. The first kappa shape index (κ1) is 13.7. The Balaban J connectivity index is 1.88. The van der Waals surface area contributed by atoms with E-state index in [9.17, 15) is 4.21 Å². The predicted octanol–water partition coefficient (Wildman–Crippen LogP) is 4.37. The van der Waals surface area contributed by atoms with Crippen molar-refractivity contribution in [3.63, 3.8) is 0 Å². The lowest BCUT2D eigenvalue weighted by Crippen LogP contribution is -1.97. The van der Waals surface area contributed by atoms with Gasteiger partial charge in [0.05, 0.1) is 21.0 Å². The van der Waals surface area contributed by atoms with E-state index in [0.717, 1.165) is 26.7 Å². The number of thiazole rings is 1. The monoisotopic (exact) mass is 281 g/mol. The van der Waals surface area contributed by atoms with E-state index in [4.69, 9.17) is 0 Å². The molecule has 0 aliphatic carbocycles. The van der Waals surface area contributed by atoms with Gasteiger partial charge in [0.2, 0.25) is 0 Å². The highest BCUT2D eigenvalue weighted by Crippen LogP contribution is 2.24. The molecule has 1 aromatic carbocycles. The Morgan fingerprint density at radius 1 is 1.17 bits per heavy atom. The van der Waals surface area contributed by atoms with Gasteiger partial charge in [0.15, 0.2) is 4.34 Å². The van der Waals surface area contributed by atoms with Crippen molar-refractivity contribution in [2.75, 3.05) is 5.75 Å². The standard InChI is InChI=1S/C14H19NOS2/c1-2-3-4-5-8-11-18(16)14-15-12-9-6-7-10-13(12)17-14/h6-7,9-10H,2-5,8,11H2,1H3/t18-/m1/s1. The molecule has 2 nitrogen and oxygen atoms in total. The van der Waals surface area contributed by atoms with E-state index in [2.05, 4.69) is 11.9 Å². The zero-order valence-corrected chi connectivity index (χ0v) is 12.4. The summed E-state index contributed by atoms with van der Waals surface area (Å²) in [4.78, 5) is 4.45. The minimum absolute atomic E-state index is 0.754. The van der Waals surface area contributed by atoms with Gasteiger partial charge in [-0.15, -0.1) is 11.3 Å². The number of para-hydroxylation sites is 1. The fraction of sp³-hybridized carbons (Fsp3) is 0.500. The summed E-state index contributed by atoms with van der Waals surface area (Å²) in [5, 5.41) is 0. The fourth-order valence-electron chi connectivity index (χ4n) is 1.87. The number of unbranched alkanes of at least 4 members (excludes halogenated alkanes) is 4. The van der Waals surface area contributed by atoms with Gasteiger partial charge in [-0.1, -0.05) is 44.7 Å². The molecule has 1 heterocycles. The van der Waals surface area contributed by atoms with Gasteiger partial charge >= 0.3 is 0 Å². The van der Waals surface area contributed by atoms with E-state index in [1.165, 1.54) is 25.7 Å². The van der Waals surface area contributed by atoms with Crippen molar-refractivity contribution < 1.29 is 4.21 Å². The highest BCUT2D eigenvalue weighted by molar-refractivity contribution is 7.87. The maximum absolute atomic E-state index is 12.1. The molecule has 0 unspecified atom stereocenters. The van der Waals surface area contributed by atoms with Crippen LogP contribution < -0.4 is 0 Å². The summed E-state index contributed by atoms with van der Waals surface area (Å²) in [6.45, 7) is 2.21. The molecule has 0 bridgehead atoms. The third-order valence-corrected chi connectivity index (χ3v) is 5.68. The van der Waals surface area contributed by atoms with Crippen LogP contribution in [0.25, 0.3) is 10.2 Å². The summed E-state index contributed by atoms with van der Waals surface area (Å²) < 4.78 is 14.0. The average Bonchev–Trinajstić information content (AvgIpc) is 2.82. The molecule has 0 N–H and O–H groups in total. The third kappa shape index (κ3) is 3.62. The number of nitrogens with zero attached hydrogens (tertiary/aromatic N) is 1. The SMILES string of the molecule is CCCCCCC[S@@](=O)c1nc2ccccc2s1. The molecule has 1 aromatic heterocycles. The molecule has 4 heteroatoms. The molecule has 2 rings (SSSR count). The number of rotatable bonds is 7. The van der Waals surface area contributed by atoms with Crippen molar-refractivity contribution in [1.82, 2.24) is 4.98 Å². The van der Waals surface area contributed by atoms with Gasteiger partial charge in [-0.3, -0.25) is 4.21 Å². The molecule has 0 saturated carbocycles. The second kappa shape index (κ2) is 7.00. The van der Waals surface area contributed by atoms with Gasteiger partial charge in [-0.25, -0.2) is 4.98 Å². The molecule has 0 aliphatic heterocycles. The molecule has 98 valence electrons. The van der Waals surface area contributed by atoms with E-state index in [1.807, 2.05) is 24.3 Å². The first-order chi connectivity index (χ1) is 8.81. The molecule has 2 aromatic rings. The van der Waals surface area contributed by atoms with Crippen molar-refractivity contribution in [3.05, 3.63) is 24.3 Å². The molecule has 18 heavy (non-hydrogen) atoms. The summed E-state index contributed by atoms with van der Waals surface area (Å²) in [6, 6.07) is 7.99. The first-order valence-electron chi connectivity index (χ1n) is 6.55. The van der Waals surface area contributed by atoms with Gasteiger partial charge in [0.25, 0.3) is 0 Å². The Labute approximate surface area is 115 Å². The van der Waals surface area contributed by atoms with Crippen LogP contribution in [-0.2, 0) is 10.8 Å². The van der Waals surface area contributed by atoms with Crippen LogP contribution in [0.5, 0.6) is 0 Å². The minimum atomic E-state index is -0.914. The lowest BCUT2D eigenvalue weighted by atomic mass is 10.2. The van der Waals surface area contributed by atoms with Crippen LogP contribution in [0.3, 0.4) is 0 Å². The van der Waals surface area contributed by atoms with Crippen LogP contribution in [0.2, 0.25) is 0 Å². The minimum Gasteiger partial charge on any atom is -0.252 e. The summed E-state index contributed by atoms with van der Waals surface area (Å²) >= 11 is 1.56. The van der Waals surface area contributed by atoms with Crippen LogP contribution in [0.1, 0.15) is 39.0 Å². The summed E-state index contributed by atoms with van der Waals surface area (Å²) in [7, 11) is -0.914. The fourth-order valence-corrected chi connectivity index (χ4v) is 4.30. The largest absolute Gasteiger partial charge is 0.252 e. The number of hydrogen-bond acceptors (Lipinski definition) is 3. The van der Waals surface area contributed by atoms with E-state index in [-0.39, 0.29) is 0 Å². The second-order valence-electron chi connectivity index (χ2n) is 4.41. The topological polar surface area (TPSA) is 30.0 Å². The average molecular weight is 281 g/mol. The highest BCUT2D eigenvalue weighted by Gasteiger charge is 2.09. The second-order valence-corrected chi connectivity index (χ2v) is 7.19.